The summed E-state index contributed by atoms with van der Waals surface area (Å²) in [5.74, 6) is -0.237. The van der Waals surface area contributed by atoms with Crippen LogP contribution < -0.4 is 0 Å². The van der Waals surface area contributed by atoms with E-state index in [1.165, 1.54) is 7.11 Å². The number of halogens is 1. The monoisotopic (exact) mass is 237 g/mol. The molecule has 0 spiro atoms. The van der Waals surface area contributed by atoms with Gasteiger partial charge in [0, 0.05) is 21.6 Å². The standard InChI is InChI=1S/C12H12ClNO2/c1-7-10(6-12(15)16-2)9-4-3-8(13)5-11(9)14-7/h3-5,14H,6H2,1-2H3. The lowest BCUT2D eigenvalue weighted by atomic mass is 10.1. The molecule has 2 rings (SSSR count). The van der Waals surface area contributed by atoms with Gasteiger partial charge in [-0.3, -0.25) is 4.79 Å². The number of aromatic amines is 1. The van der Waals surface area contributed by atoms with Gasteiger partial charge in [-0.2, -0.15) is 0 Å². The Labute approximate surface area is 98.4 Å². The van der Waals surface area contributed by atoms with Crippen LogP contribution >= 0.6 is 11.6 Å². The summed E-state index contributed by atoms with van der Waals surface area (Å²) in [7, 11) is 1.39. The molecule has 3 nitrogen and oxygen atoms in total. The zero-order valence-electron chi connectivity index (χ0n) is 9.13. The number of aromatic nitrogens is 1. The molecule has 1 N–H and O–H groups in total. The highest BCUT2D eigenvalue weighted by Gasteiger charge is 2.12. The first-order valence-electron chi connectivity index (χ1n) is 4.95. The minimum absolute atomic E-state index is 0.237. The number of carbonyl (C=O) groups is 1. The number of aryl methyl sites for hydroxylation is 1. The number of nitrogens with one attached hydrogen (secondary N) is 1. The Kier molecular flexibility index (Phi) is 2.88. The number of hydrogen-bond donors (Lipinski definition) is 1. The fourth-order valence-electron chi connectivity index (χ4n) is 1.81. The molecule has 0 aliphatic heterocycles. The zero-order chi connectivity index (χ0) is 11.7. The van der Waals surface area contributed by atoms with Crippen molar-refractivity contribution in [1.82, 2.24) is 4.98 Å². The van der Waals surface area contributed by atoms with Gasteiger partial charge in [0.25, 0.3) is 0 Å². The van der Waals surface area contributed by atoms with Gasteiger partial charge in [0.2, 0.25) is 0 Å². The molecule has 16 heavy (non-hydrogen) atoms. The second-order valence-corrected chi connectivity index (χ2v) is 4.11. The van der Waals surface area contributed by atoms with E-state index in [0.717, 1.165) is 22.2 Å². The number of benzene rings is 1. The normalized spacial score (nSPS) is 10.7. The molecule has 0 atom stereocenters. The Hall–Kier alpha value is -1.48. The van der Waals surface area contributed by atoms with Gasteiger partial charge in [-0.05, 0) is 24.6 Å². The van der Waals surface area contributed by atoms with E-state index in [4.69, 9.17) is 11.6 Å². The van der Waals surface area contributed by atoms with Crippen molar-refractivity contribution in [2.75, 3.05) is 7.11 Å². The van der Waals surface area contributed by atoms with Crippen molar-refractivity contribution in [3.05, 3.63) is 34.5 Å². The van der Waals surface area contributed by atoms with Crippen LogP contribution in [0, 0.1) is 6.92 Å². The molecule has 2 aromatic rings. The number of carbonyl (C=O) groups excluding carboxylic acids is 1. The van der Waals surface area contributed by atoms with Crippen LogP contribution in [-0.4, -0.2) is 18.1 Å². The molecule has 1 aromatic carbocycles. The number of hydrogen-bond acceptors (Lipinski definition) is 2. The van der Waals surface area contributed by atoms with Crippen molar-refractivity contribution in [2.24, 2.45) is 0 Å². The average molecular weight is 238 g/mol. The maximum atomic E-state index is 11.3. The van der Waals surface area contributed by atoms with Crippen LogP contribution in [-0.2, 0) is 16.0 Å². The first-order valence-corrected chi connectivity index (χ1v) is 5.33. The Balaban J connectivity index is 2.52. The van der Waals surface area contributed by atoms with Crippen LogP contribution in [0.2, 0.25) is 5.02 Å². The van der Waals surface area contributed by atoms with Gasteiger partial charge in [-0.15, -0.1) is 0 Å². The molecule has 0 saturated heterocycles. The molecule has 0 saturated carbocycles. The minimum Gasteiger partial charge on any atom is -0.469 e. The van der Waals surface area contributed by atoms with E-state index in [0.29, 0.717) is 5.02 Å². The summed E-state index contributed by atoms with van der Waals surface area (Å²) in [6, 6.07) is 5.59. The Bertz CT molecular complexity index is 545. The summed E-state index contributed by atoms with van der Waals surface area (Å²) in [4.78, 5) is 14.5. The number of rotatable bonds is 2. The third kappa shape index (κ3) is 1.91. The van der Waals surface area contributed by atoms with Crippen molar-refractivity contribution < 1.29 is 9.53 Å². The van der Waals surface area contributed by atoms with Crippen molar-refractivity contribution in [2.45, 2.75) is 13.3 Å². The van der Waals surface area contributed by atoms with Gasteiger partial charge >= 0.3 is 5.97 Å². The highest BCUT2D eigenvalue weighted by Crippen LogP contribution is 2.25. The predicted octanol–water partition coefficient (Wildman–Crippen LogP) is 2.85. The fraction of sp³-hybridized carbons (Fsp3) is 0.250. The van der Waals surface area contributed by atoms with E-state index in [-0.39, 0.29) is 12.4 Å². The van der Waals surface area contributed by atoms with E-state index in [1.54, 1.807) is 0 Å². The quantitative estimate of drug-likeness (QED) is 0.816. The average Bonchev–Trinajstić information content (AvgIpc) is 2.54. The van der Waals surface area contributed by atoms with Gasteiger partial charge in [0.1, 0.15) is 0 Å². The summed E-state index contributed by atoms with van der Waals surface area (Å²) < 4.78 is 4.67. The van der Waals surface area contributed by atoms with Gasteiger partial charge < -0.3 is 9.72 Å². The lowest BCUT2D eigenvalue weighted by Gasteiger charge is -1.99. The van der Waals surface area contributed by atoms with Crippen molar-refractivity contribution in [3.63, 3.8) is 0 Å². The van der Waals surface area contributed by atoms with E-state index < -0.39 is 0 Å². The maximum absolute atomic E-state index is 11.3. The van der Waals surface area contributed by atoms with Crippen LogP contribution in [0.1, 0.15) is 11.3 Å². The number of H-pyrrole nitrogens is 1. The van der Waals surface area contributed by atoms with Crippen molar-refractivity contribution in [1.29, 1.82) is 0 Å². The molecule has 0 aliphatic rings. The van der Waals surface area contributed by atoms with E-state index in [9.17, 15) is 4.79 Å². The summed E-state index contributed by atoms with van der Waals surface area (Å²) >= 11 is 5.90. The third-order valence-corrected chi connectivity index (χ3v) is 2.87. The summed E-state index contributed by atoms with van der Waals surface area (Å²) in [6.07, 6.45) is 0.282. The maximum Gasteiger partial charge on any atom is 0.310 e. The predicted molar refractivity (Wildman–Crippen MR) is 63.8 cm³/mol. The number of fused-ring (bicyclic) bond motifs is 1. The summed E-state index contributed by atoms with van der Waals surface area (Å²) in [5, 5.41) is 1.70. The van der Waals surface area contributed by atoms with Crippen LogP contribution in [0.3, 0.4) is 0 Å². The molecule has 84 valence electrons. The van der Waals surface area contributed by atoms with Gasteiger partial charge in [0.15, 0.2) is 0 Å². The van der Waals surface area contributed by atoms with Crippen LogP contribution in [0.5, 0.6) is 0 Å². The zero-order valence-corrected chi connectivity index (χ0v) is 9.89. The fourth-order valence-corrected chi connectivity index (χ4v) is 1.98. The first kappa shape index (κ1) is 11.0. The number of esters is 1. The Morgan fingerprint density at radius 1 is 1.50 bits per heavy atom. The highest BCUT2D eigenvalue weighted by atomic mass is 35.5. The number of methoxy groups -OCH3 is 1. The molecular weight excluding hydrogens is 226 g/mol. The summed E-state index contributed by atoms with van der Waals surface area (Å²) in [6.45, 7) is 1.94. The smallest absolute Gasteiger partial charge is 0.310 e. The molecule has 0 fully saturated rings. The molecule has 0 aliphatic carbocycles. The van der Waals surface area contributed by atoms with Crippen LogP contribution in [0.4, 0.5) is 0 Å². The van der Waals surface area contributed by atoms with E-state index in [2.05, 4.69) is 9.72 Å². The third-order valence-electron chi connectivity index (χ3n) is 2.63. The van der Waals surface area contributed by atoms with Crippen molar-refractivity contribution in [3.8, 4) is 0 Å². The topological polar surface area (TPSA) is 42.1 Å². The molecule has 0 amide bonds. The van der Waals surface area contributed by atoms with Crippen LogP contribution in [0.15, 0.2) is 18.2 Å². The Morgan fingerprint density at radius 2 is 2.25 bits per heavy atom. The molecule has 0 unspecified atom stereocenters. The molecule has 4 heteroatoms. The highest BCUT2D eigenvalue weighted by molar-refractivity contribution is 6.31. The number of ether oxygens (including phenoxy) is 1. The molecule has 0 bridgehead atoms. The second-order valence-electron chi connectivity index (χ2n) is 3.67. The van der Waals surface area contributed by atoms with Gasteiger partial charge in [-0.25, -0.2) is 0 Å². The largest absolute Gasteiger partial charge is 0.469 e. The SMILES string of the molecule is COC(=O)Cc1c(C)[nH]c2cc(Cl)ccc12. The molecule has 0 radical (unpaired) electrons. The van der Waals surface area contributed by atoms with Gasteiger partial charge in [0.05, 0.1) is 13.5 Å². The molecule has 1 heterocycles. The lowest BCUT2D eigenvalue weighted by molar-refractivity contribution is -0.139. The van der Waals surface area contributed by atoms with Crippen LogP contribution in [0.25, 0.3) is 10.9 Å². The van der Waals surface area contributed by atoms with E-state index >= 15 is 0 Å². The van der Waals surface area contributed by atoms with Crippen molar-refractivity contribution >= 4 is 28.5 Å². The lowest BCUT2D eigenvalue weighted by Crippen LogP contribution is -2.04. The second kappa shape index (κ2) is 4.18. The summed E-state index contributed by atoms with van der Waals surface area (Å²) in [5.41, 5.74) is 2.89. The van der Waals surface area contributed by atoms with E-state index in [1.807, 2.05) is 25.1 Å². The minimum atomic E-state index is -0.237. The molecular formula is C12H12ClNO2. The first-order chi connectivity index (χ1) is 7.61. The molecule has 1 aromatic heterocycles. The Morgan fingerprint density at radius 3 is 2.94 bits per heavy atom. The van der Waals surface area contributed by atoms with Gasteiger partial charge in [-0.1, -0.05) is 17.7 Å².